The predicted molar refractivity (Wildman–Crippen MR) is 217 cm³/mol. The molecule has 1 saturated heterocycles. The highest BCUT2D eigenvalue weighted by Crippen LogP contribution is 2.43. The Hall–Kier alpha value is -1.11. The number of hydrogen-bond donors (Lipinski definition) is 1. The number of quaternary nitrogens is 1. The van der Waals surface area contributed by atoms with Gasteiger partial charge in [-0.1, -0.05) is 160 Å². The molecule has 4 atom stereocenters. The highest BCUT2D eigenvalue weighted by molar-refractivity contribution is 7.47. The summed E-state index contributed by atoms with van der Waals surface area (Å²) in [6.45, 7) is 4.32. The normalized spacial score (nSPS) is 17.6. The number of unbranched alkanes of at least 4 members (excludes halogenated alkanes) is 21. The van der Waals surface area contributed by atoms with Gasteiger partial charge in [0.25, 0.3) is 0 Å². The molecule has 0 bridgehead atoms. The molecular formula is C42H83NO11P+. The lowest BCUT2D eigenvalue weighted by atomic mass is 9.99. The molecule has 4 unspecified atom stereocenters. The molecule has 0 amide bonds. The molecule has 1 aliphatic heterocycles. The zero-order valence-electron chi connectivity index (χ0n) is 35.8. The minimum Gasteiger partial charge on any atom is -0.462 e. The molecule has 1 rings (SSSR count). The van der Waals surface area contributed by atoms with E-state index in [0.717, 1.165) is 64.2 Å². The summed E-state index contributed by atoms with van der Waals surface area (Å²) < 4.78 is 34.3. The Balaban J connectivity index is 2.34. The molecular weight excluding hydrogens is 725 g/mol. The molecule has 1 N–H and O–H groups in total. The molecule has 0 aromatic carbocycles. The van der Waals surface area contributed by atoms with Crippen LogP contribution in [0.1, 0.15) is 194 Å². The van der Waals surface area contributed by atoms with Crippen LogP contribution in [0.25, 0.3) is 0 Å². The number of rotatable bonds is 39. The Morgan fingerprint density at radius 2 is 1.02 bits per heavy atom. The molecule has 13 heteroatoms. The average molecular weight is 809 g/mol. The lowest BCUT2D eigenvalue weighted by molar-refractivity contribution is -0.870. The van der Waals surface area contributed by atoms with Crippen LogP contribution in [0.2, 0.25) is 0 Å². The van der Waals surface area contributed by atoms with Crippen LogP contribution in [-0.4, -0.2) is 87.1 Å². The highest BCUT2D eigenvalue weighted by Gasteiger charge is 2.31. The number of carbonyl (C=O) groups excluding carboxylic acids is 2. The summed E-state index contributed by atoms with van der Waals surface area (Å²) >= 11 is 0. The van der Waals surface area contributed by atoms with Gasteiger partial charge in [0, 0.05) is 12.8 Å². The molecule has 55 heavy (non-hydrogen) atoms. The summed E-state index contributed by atoms with van der Waals surface area (Å²) in [6.07, 6.45) is 28.9. The molecule has 0 aromatic heterocycles. The van der Waals surface area contributed by atoms with E-state index in [-0.39, 0.29) is 44.2 Å². The second-order valence-electron chi connectivity index (χ2n) is 16.6. The van der Waals surface area contributed by atoms with E-state index in [0.29, 0.717) is 17.4 Å². The average Bonchev–Trinajstić information content (AvgIpc) is 3.58. The third-order valence-electron chi connectivity index (χ3n) is 10.1. The van der Waals surface area contributed by atoms with Crippen molar-refractivity contribution in [2.45, 2.75) is 212 Å². The van der Waals surface area contributed by atoms with Crippen molar-refractivity contribution in [1.29, 1.82) is 0 Å². The number of esters is 2. The third kappa shape index (κ3) is 32.5. The quantitative estimate of drug-likeness (QED) is 0.0209. The molecule has 0 radical (unpaired) electrons. The topological polar surface area (TPSA) is 136 Å². The summed E-state index contributed by atoms with van der Waals surface area (Å²) in [5.74, 6) is -0.851. The molecule has 326 valence electrons. The molecule has 0 aliphatic carbocycles. The molecule has 12 nitrogen and oxygen atoms in total. The minimum atomic E-state index is -4.39. The van der Waals surface area contributed by atoms with Crippen molar-refractivity contribution in [2.75, 3.05) is 47.5 Å². The maximum atomic E-state index is 12.7. The first-order valence-corrected chi connectivity index (χ1v) is 23.7. The second kappa shape index (κ2) is 33.8. The van der Waals surface area contributed by atoms with E-state index in [1.54, 1.807) is 0 Å². The Morgan fingerprint density at radius 3 is 1.47 bits per heavy atom. The van der Waals surface area contributed by atoms with Gasteiger partial charge in [-0.05, 0) is 25.7 Å². The summed E-state index contributed by atoms with van der Waals surface area (Å²) in [5, 5.41) is 4.84. The van der Waals surface area contributed by atoms with Crippen LogP contribution in [0.3, 0.4) is 0 Å². The van der Waals surface area contributed by atoms with Crippen molar-refractivity contribution in [2.24, 2.45) is 0 Å². The van der Waals surface area contributed by atoms with E-state index < -0.39 is 26.5 Å². The largest absolute Gasteiger partial charge is 0.472 e. The van der Waals surface area contributed by atoms with Crippen molar-refractivity contribution < 1.29 is 56.9 Å². The zero-order valence-corrected chi connectivity index (χ0v) is 36.7. The number of phosphoric ester groups is 1. The van der Waals surface area contributed by atoms with Gasteiger partial charge in [0.1, 0.15) is 32.0 Å². The molecule has 1 heterocycles. The van der Waals surface area contributed by atoms with Gasteiger partial charge in [0.05, 0.1) is 27.7 Å². The fraction of sp³-hybridized carbons (Fsp3) is 0.952. The highest BCUT2D eigenvalue weighted by atomic mass is 31.2. The summed E-state index contributed by atoms with van der Waals surface area (Å²) in [4.78, 5) is 46.1. The summed E-state index contributed by atoms with van der Waals surface area (Å²) in [5.41, 5.74) is 0. The van der Waals surface area contributed by atoms with Crippen LogP contribution in [0, 0.1) is 0 Å². The van der Waals surface area contributed by atoms with Crippen molar-refractivity contribution >= 4 is 19.8 Å². The Labute approximate surface area is 335 Å². The molecule has 0 saturated carbocycles. The zero-order chi connectivity index (χ0) is 40.5. The maximum absolute atomic E-state index is 12.7. The van der Waals surface area contributed by atoms with Gasteiger partial charge >= 0.3 is 19.8 Å². The van der Waals surface area contributed by atoms with Gasteiger partial charge in [0.15, 0.2) is 6.10 Å². The van der Waals surface area contributed by atoms with Crippen LogP contribution in [0.4, 0.5) is 0 Å². The lowest BCUT2D eigenvalue weighted by Gasteiger charge is -2.24. The van der Waals surface area contributed by atoms with Gasteiger partial charge in [-0.25, -0.2) is 4.57 Å². The number of hydrogen-bond acceptors (Lipinski definition) is 10. The van der Waals surface area contributed by atoms with Crippen molar-refractivity contribution in [3.63, 3.8) is 0 Å². The molecule has 1 fully saturated rings. The van der Waals surface area contributed by atoms with Gasteiger partial charge in [0.2, 0.25) is 0 Å². The van der Waals surface area contributed by atoms with Gasteiger partial charge in [-0.15, -0.1) is 0 Å². The van der Waals surface area contributed by atoms with E-state index in [9.17, 15) is 19.0 Å². The van der Waals surface area contributed by atoms with Gasteiger partial charge in [-0.3, -0.25) is 18.6 Å². The molecule has 0 spiro atoms. The number of ether oxygens (including phenoxy) is 2. The standard InChI is InChI=1S/C42H82NO11P/c1-6-8-10-12-14-15-16-17-18-19-20-24-28-32-41(44)48-36-38(37-50-55(46,47)49-35-34-43(3,4)5)51-42(45)33-29-25-21-23-27-31-40-39(52-54-53-40)30-26-22-13-11-9-7-2/h38-40H,6-37H2,1-5H3/p+1. The number of carbonyl (C=O) groups is 2. The lowest BCUT2D eigenvalue weighted by Crippen LogP contribution is -2.37. The van der Waals surface area contributed by atoms with E-state index in [1.165, 1.54) is 96.3 Å². The first-order chi connectivity index (χ1) is 26.5. The number of likely N-dealkylation sites (N-methyl/N-ethyl adjacent to an activating group) is 1. The van der Waals surface area contributed by atoms with Crippen LogP contribution >= 0.6 is 7.82 Å². The smallest absolute Gasteiger partial charge is 0.462 e. The third-order valence-corrected chi connectivity index (χ3v) is 11.1. The van der Waals surface area contributed by atoms with Crippen molar-refractivity contribution in [1.82, 2.24) is 0 Å². The van der Waals surface area contributed by atoms with Gasteiger partial charge < -0.3 is 18.9 Å². The second-order valence-corrected chi connectivity index (χ2v) is 18.1. The summed E-state index contributed by atoms with van der Waals surface area (Å²) in [7, 11) is 1.43. The van der Waals surface area contributed by atoms with Crippen LogP contribution < -0.4 is 0 Å². The van der Waals surface area contributed by atoms with Crippen LogP contribution in [0.5, 0.6) is 0 Å². The van der Waals surface area contributed by atoms with E-state index in [1.807, 2.05) is 21.1 Å². The van der Waals surface area contributed by atoms with Crippen LogP contribution in [-0.2, 0) is 47.5 Å². The van der Waals surface area contributed by atoms with Gasteiger partial charge in [-0.2, -0.15) is 9.78 Å². The van der Waals surface area contributed by atoms with Crippen LogP contribution in [0.15, 0.2) is 0 Å². The SMILES string of the molecule is CCCCCCCCCCCCCCCC(=O)OCC(COP(=O)(O)OCC[N+](C)(C)C)OC(=O)CCCCCCCC1OOOC1CCCCCCCC. The Kier molecular flexibility index (Phi) is 31.9. The van der Waals surface area contributed by atoms with E-state index in [4.69, 9.17) is 33.3 Å². The van der Waals surface area contributed by atoms with Crippen molar-refractivity contribution in [3.8, 4) is 0 Å². The number of nitrogens with zero attached hydrogens (tertiary/aromatic N) is 1. The minimum absolute atomic E-state index is 0.00889. The molecule has 1 aliphatic rings. The first-order valence-electron chi connectivity index (χ1n) is 22.2. The van der Waals surface area contributed by atoms with Crippen molar-refractivity contribution in [3.05, 3.63) is 0 Å². The maximum Gasteiger partial charge on any atom is 0.472 e. The summed E-state index contributed by atoms with van der Waals surface area (Å²) in [6, 6.07) is 0. The molecule has 0 aromatic rings. The van der Waals surface area contributed by atoms with E-state index >= 15 is 0 Å². The Morgan fingerprint density at radius 1 is 0.600 bits per heavy atom. The fourth-order valence-electron chi connectivity index (χ4n) is 6.54. The Bertz CT molecular complexity index is 980. The number of phosphoric acid groups is 1. The fourth-order valence-corrected chi connectivity index (χ4v) is 7.28. The van der Waals surface area contributed by atoms with E-state index in [2.05, 4.69) is 13.8 Å². The first kappa shape index (κ1) is 51.9. The monoisotopic (exact) mass is 809 g/mol. The predicted octanol–water partition coefficient (Wildman–Crippen LogP) is 10.9.